The second kappa shape index (κ2) is 17.0. The maximum Gasteiger partial charge on any atom is 0.252 e. The van der Waals surface area contributed by atoms with Crippen LogP contribution in [-0.2, 0) is 21.2 Å². The van der Waals surface area contributed by atoms with Crippen LogP contribution in [0.5, 0.6) is 5.75 Å². The summed E-state index contributed by atoms with van der Waals surface area (Å²) in [6, 6.07) is 23.4. The molecule has 1 aliphatic heterocycles. The zero-order valence-corrected chi connectivity index (χ0v) is 29.6. The van der Waals surface area contributed by atoms with E-state index in [4.69, 9.17) is 4.74 Å². The quantitative estimate of drug-likeness (QED) is 0.200. The van der Waals surface area contributed by atoms with Gasteiger partial charge in [-0.05, 0) is 92.7 Å². The number of sulfonamides is 1. The standard InChI is InChI=1S/C38H51N5O5S/c1-3-24-42-25-27-43(28-26-42)34-18-13-31(14-19-34)36(44)40-38(22-8-5-9-23-38)37(45)39-33(15-12-30-10-6-4-7-11-30)29-49(46,47)41-32-16-20-35(48-2)21-17-32/h4,6-7,10-11,13-14,16-21,33,41H,3,5,8-9,12,15,22-29H2,1-2H3,(H,39,45)(H,40,44)/t33-/m0/s1. The lowest BCUT2D eigenvalue weighted by Gasteiger charge is -2.38. The molecule has 264 valence electrons. The predicted molar refractivity (Wildman–Crippen MR) is 196 cm³/mol. The van der Waals surface area contributed by atoms with Crippen molar-refractivity contribution in [2.75, 3.05) is 55.2 Å². The fourth-order valence-corrected chi connectivity index (χ4v) is 8.23. The Morgan fingerprint density at radius 3 is 2.18 bits per heavy atom. The van der Waals surface area contributed by atoms with Gasteiger partial charge in [-0.1, -0.05) is 56.5 Å². The number of anilines is 2. The zero-order chi connectivity index (χ0) is 34.7. The molecule has 2 amide bonds. The average Bonchev–Trinajstić information content (AvgIpc) is 3.12. The SMILES string of the molecule is CCCN1CCN(c2ccc(C(=O)NC3(C(=O)N[C@@H](CCc4ccccc4)CS(=O)(=O)Nc4ccc(OC)cc4)CCCCC3)cc2)CC1. The van der Waals surface area contributed by atoms with E-state index in [0.717, 1.165) is 69.7 Å². The molecule has 1 atom stereocenters. The number of ether oxygens (including phenoxy) is 1. The van der Waals surface area contributed by atoms with Gasteiger partial charge in [0.25, 0.3) is 5.91 Å². The van der Waals surface area contributed by atoms with Crippen LogP contribution in [0.15, 0.2) is 78.9 Å². The van der Waals surface area contributed by atoms with Crippen molar-refractivity contribution in [1.82, 2.24) is 15.5 Å². The van der Waals surface area contributed by atoms with E-state index in [2.05, 4.69) is 32.1 Å². The first kappa shape index (κ1) is 36.2. The summed E-state index contributed by atoms with van der Waals surface area (Å²) in [5, 5.41) is 6.19. The molecule has 0 aromatic heterocycles. The molecule has 5 rings (SSSR count). The van der Waals surface area contributed by atoms with Crippen LogP contribution in [0.4, 0.5) is 11.4 Å². The summed E-state index contributed by atoms with van der Waals surface area (Å²) in [5.41, 5.74) is 1.92. The van der Waals surface area contributed by atoms with Gasteiger partial charge in [-0.2, -0.15) is 0 Å². The second-order valence-electron chi connectivity index (χ2n) is 13.3. The van der Waals surface area contributed by atoms with Crippen molar-refractivity contribution < 1.29 is 22.7 Å². The first-order valence-electron chi connectivity index (χ1n) is 17.6. The highest BCUT2D eigenvalue weighted by Gasteiger charge is 2.42. The van der Waals surface area contributed by atoms with Gasteiger partial charge in [0.15, 0.2) is 0 Å². The van der Waals surface area contributed by atoms with Crippen LogP contribution < -0.4 is 25.0 Å². The number of hydrogen-bond donors (Lipinski definition) is 3. The molecular formula is C38H51N5O5S. The van der Waals surface area contributed by atoms with Gasteiger partial charge in [0, 0.05) is 49.2 Å². The van der Waals surface area contributed by atoms with E-state index >= 15 is 0 Å². The Labute approximate surface area is 291 Å². The number of rotatable bonds is 15. The molecule has 0 unspecified atom stereocenters. The van der Waals surface area contributed by atoms with Crippen molar-refractivity contribution in [3.8, 4) is 5.75 Å². The molecule has 1 saturated carbocycles. The minimum atomic E-state index is -3.84. The van der Waals surface area contributed by atoms with Crippen molar-refractivity contribution >= 4 is 33.2 Å². The monoisotopic (exact) mass is 689 g/mol. The number of nitrogens with zero attached hydrogens (tertiary/aromatic N) is 2. The highest BCUT2D eigenvalue weighted by Crippen LogP contribution is 2.30. The van der Waals surface area contributed by atoms with Crippen molar-refractivity contribution in [1.29, 1.82) is 0 Å². The molecule has 1 heterocycles. The van der Waals surface area contributed by atoms with Crippen LogP contribution >= 0.6 is 0 Å². The molecular weight excluding hydrogens is 639 g/mol. The molecule has 0 spiro atoms. The lowest BCUT2D eigenvalue weighted by atomic mass is 9.80. The normalized spacial score (nSPS) is 17.1. The third-order valence-electron chi connectivity index (χ3n) is 9.64. The van der Waals surface area contributed by atoms with Crippen LogP contribution in [0.1, 0.15) is 67.8 Å². The summed E-state index contributed by atoms with van der Waals surface area (Å²) in [4.78, 5) is 32.7. The number of carbonyl (C=O) groups excluding carboxylic acids is 2. The molecule has 2 fully saturated rings. The van der Waals surface area contributed by atoms with E-state index in [0.29, 0.717) is 42.7 Å². The summed E-state index contributed by atoms with van der Waals surface area (Å²) >= 11 is 0. The van der Waals surface area contributed by atoms with Crippen molar-refractivity contribution in [2.45, 2.75) is 69.9 Å². The average molecular weight is 690 g/mol. The number of carbonyl (C=O) groups is 2. The van der Waals surface area contributed by atoms with Gasteiger partial charge in [-0.15, -0.1) is 0 Å². The van der Waals surface area contributed by atoms with Crippen LogP contribution in [0, 0.1) is 0 Å². The predicted octanol–water partition coefficient (Wildman–Crippen LogP) is 5.22. The van der Waals surface area contributed by atoms with E-state index in [1.807, 2.05) is 54.6 Å². The number of amides is 2. The molecule has 0 radical (unpaired) electrons. The van der Waals surface area contributed by atoms with E-state index in [1.165, 1.54) is 0 Å². The molecule has 3 aromatic rings. The maximum atomic E-state index is 14.2. The lowest BCUT2D eigenvalue weighted by Crippen LogP contribution is -2.61. The molecule has 2 aliphatic rings. The lowest BCUT2D eigenvalue weighted by molar-refractivity contribution is -0.129. The first-order chi connectivity index (χ1) is 23.7. The van der Waals surface area contributed by atoms with E-state index in [1.54, 1.807) is 31.4 Å². The summed E-state index contributed by atoms with van der Waals surface area (Å²) in [5.74, 6) is -0.325. The highest BCUT2D eigenvalue weighted by atomic mass is 32.2. The Kier molecular flexibility index (Phi) is 12.6. The Morgan fingerprint density at radius 2 is 1.55 bits per heavy atom. The molecule has 0 bridgehead atoms. The molecule has 3 aromatic carbocycles. The minimum absolute atomic E-state index is 0.300. The first-order valence-corrected chi connectivity index (χ1v) is 19.2. The summed E-state index contributed by atoms with van der Waals surface area (Å²) in [6.45, 7) is 7.27. The number of hydrogen-bond acceptors (Lipinski definition) is 7. The third-order valence-corrected chi connectivity index (χ3v) is 11.0. The smallest absolute Gasteiger partial charge is 0.252 e. The topological polar surface area (TPSA) is 120 Å². The van der Waals surface area contributed by atoms with Gasteiger partial charge in [-0.3, -0.25) is 19.2 Å². The van der Waals surface area contributed by atoms with Gasteiger partial charge in [0.1, 0.15) is 11.3 Å². The number of aryl methyl sites for hydroxylation is 1. The van der Waals surface area contributed by atoms with Crippen LogP contribution in [-0.4, -0.2) is 82.3 Å². The van der Waals surface area contributed by atoms with Gasteiger partial charge < -0.3 is 20.3 Å². The largest absolute Gasteiger partial charge is 0.497 e. The van der Waals surface area contributed by atoms with Crippen LogP contribution in [0.3, 0.4) is 0 Å². The number of nitrogens with one attached hydrogen (secondary N) is 3. The Morgan fingerprint density at radius 1 is 0.878 bits per heavy atom. The van der Waals surface area contributed by atoms with Crippen LogP contribution in [0.2, 0.25) is 0 Å². The van der Waals surface area contributed by atoms with Crippen LogP contribution in [0.25, 0.3) is 0 Å². The number of piperazine rings is 1. The van der Waals surface area contributed by atoms with Crippen molar-refractivity contribution in [3.05, 3.63) is 90.0 Å². The summed E-state index contributed by atoms with van der Waals surface area (Å²) < 4.78 is 34.6. The Bertz CT molecular complexity index is 1600. The van der Waals surface area contributed by atoms with Gasteiger partial charge in [0.05, 0.1) is 12.9 Å². The molecule has 49 heavy (non-hydrogen) atoms. The molecule has 3 N–H and O–H groups in total. The van der Waals surface area contributed by atoms with Crippen molar-refractivity contribution in [2.24, 2.45) is 0 Å². The van der Waals surface area contributed by atoms with E-state index in [9.17, 15) is 18.0 Å². The van der Waals surface area contributed by atoms with Gasteiger partial charge in [0.2, 0.25) is 15.9 Å². The molecule has 1 aliphatic carbocycles. The summed E-state index contributed by atoms with van der Waals surface area (Å²) in [7, 11) is -2.29. The third kappa shape index (κ3) is 10.2. The molecule has 11 heteroatoms. The van der Waals surface area contributed by atoms with Gasteiger partial charge in [-0.25, -0.2) is 8.42 Å². The molecule has 1 saturated heterocycles. The Balaban J connectivity index is 1.28. The fraction of sp³-hybridized carbons (Fsp3) is 0.474. The minimum Gasteiger partial charge on any atom is -0.497 e. The highest BCUT2D eigenvalue weighted by molar-refractivity contribution is 7.92. The van der Waals surface area contributed by atoms with Gasteiger partial charge >= 0.3 is 0 Å². The molecule has 10 nitrogen and oxygen atoms in total. The van der Waals surface area contributed by atoms with E-state index in [-0.39, 0.29) is 17.6 Å². The van der Waals surface area contributed by atoms with Crippen molar-refractivity contribution in [3.63, 3.8) is 0 Å². The Hall–Kier alpha value is -4.09. The summed E-state index contributed by atoms with van der Waals surface area (Å²) in [6.07, 6.45) is 5.70. The zero-order valence-electron chi connectivity index (χ0n) is 28.8. The second-order valence-corrected chi connectivity index (χ2v) is 15.0. The fourth-order valence-electron chi connectivity index (χ4n) is 6.87. The maximum absolute atomic E-state index is 14.2. The van der Waals surface area contributed by atoms with E-state index < -0.39 is 21.6 Å². The number of methoxy groups -OCH3 is 1. The number of benzene rings is 3.